The zero-order valence-corrected chi connectivity index (χ0v) is 20.5. The van der Waals surface area contributed by atoms with Gasteiger partial charge >= 0.3 is 0 Å². The van der Waals surface area contributed by atoms with Crippen LogP contribution in [0.5, 0.6) is 0 Å². The van der Waals surface area contributed by atoms with Gasteiger partial charge in [-0.05, 0) is 46.0 Å². The van der Waals surface area contributed by atoms with Crippen molar-refractivity contribution >= 4 is 39.8 Å². The van der Waals surface area contributed by atoms with Gasteiger partial charge < -0.3 is 15.4 Å². The summed E-state index contributed by atoms with van der Waals surface area (Å²) in [7, 11) is -2.92. The first-order valence-electron chi connectivity index (χ1n) is 10.2. The molecule has 1 atom stereocenters. The van der Waals surface area contributed by atoms with Crippen LogP contribution in [0, 0.1) is 0 Å². The van der Waals surface area contributed by atoms with E-state index in [2.05, 4.69) is 15.6 Å². The minimum Gasteiger partial charge on any atom is -0.378 e. The van der Waals surface area contributed by atoms with E-state index in [1.54, 1.807) is 0 Å². The Bertz CT molecular complexity index is 492. The molecular weight excluding hydrogens is 477 g/mol. The Kier molecular flexibility index (Phi) is 15.7. The first kappa shape index (κ1) is 26.9. The SMILES string of the molecule is CCNC(=NCCCCOC1CCCCCC1)NC(C)CCS(C)(=O)=O.I. The van der Waals surface area contributed by atoms with Crippen LogP contribution in [0.25, 0.3) is 0 Å². The van der Waals surface area contributed by atoms with Crippen LogP contribution in [0.1, 0.15) is 71.6 Å². The lowest BCUT2D eigenvalue weighted by atomic mass is 10.1. The van der Waals surface area contributed by atoms with Crippen LogP contribution in [0.4, 0.5) is 0 Å². The molecule has 0 aromatic heterocycles. The molecule has 162 valence electrons. The quantitative estimate of drug-likeness (QED) is 0.144. The van der Waals surface area contributed by atoms with Crippen molar-refractivity contribution in [1.82, 2.24) is 10.6 Å². The summed E-state index contributed by atoms with van der Waals surface area (Å²) in [6, 6.07) is 0.0705. The predicted octanol–water partition coefficient (Wildman–Crippen LogP) is 3.50. The molecule has 0 saturated heterocycles. The molecule has 0 bridgehead atoms. The second-order valence-electron chi connectivity index (χ2n) is 7.42. The van der Waals surface area contributed by atoms with Crippen molar-refractivity contribution < 1.29 is 13.2 Å². The summed E-state index contributed by atoms with van der Waals surface area (Å²) >= 11 is 0. The number of nitrogens with one attached hydrogen (secondary N) is 2. The van der Waals surface area contributed by atoms with Crippen molar-refractivity contribution in [3.63, 3.8) is 0 Å². The van der Waals surface area contributed by atoms with Gasteiger partial charge in [0.2, 0.25) is 0 Å². The lowest BCUT2D eigenvalue weighted by Gasteiger charge is -2.17. The Labute approximate surface area is 183 Å². The maximum absolute atomic E-state index is 11.3. The van der Waals surface area contributed by atoms with E-state index < -0.39 is 9.84 Å². The largest absolute Gasteiger partial charge is 0.378 e. The molecule has 1 saturated carbocycles. The summed E-state index contributed by atoms with van der Waals surface area (Å²) in [5.74, 6) is 0.956. The van der Waals surface area contributed by atoms with E-state index >= 15 is 0 Å². The van der Waals surface area contributed by atoms with Crippen molar-refractivity contribution in [2.24, 2.45) is 4.99 Å². The summed E-state index contributed by atoms with van der Waals surface area (Å²) in [6.45, 7) is 6.38. The summed E-state index contributed by atoms with van der Waals surface area (Å²) in [6.07, 6.45) is 12.1. The number of hydrogen-bond acceptors (Lipinski definition) is 4. The molecule has 0 radical (unpaired) electrons. The third kappa shape index (κ3) is 15.5. The normalized spacial score (nSPS) is 17.7. The first-order valence-corrected chi connectivity index (χ1v) is 12.3. The number of rotatable bonds is 11. The highest BCUT2D eigenvalue weighted by Crippen LogP contribution is 2.19. The molecule has 0 aromatic rings. The molecule has 0 aromatic carbocycles. The number of unbranched alkanes of at least 4 members (excludes halogenated alkanes) is 1. The molecule has 8 heteroatoms. The fourth-order valence-electron chi connectivity index (χ4n) is 3.08. The molecule has 6 nitrogen and oxygen atoms in total. The summed E-state index contributed by atoms with van der Waals surface area (Å²) in [5, 5.41) is 6.50. The number of ether oxygens (including phenoxy) is 1. The lowest BCUT2D eigenvalue weighted by Crippen LogP contribution is -2.42. The zero-order chi connectivity index (χ0) is 19.3. The van der Waals surface area contributed by atoms with Crippen molar-refractivity contribution in [1.29, 1.82) is 0 Å². The third-order valence-electron chi connectivity index (χ3n) is 4.63. The molecule has 1 unspecified atom stereocenters. The van der Waals surface area contributed by atoms with Crippen LogP contribution >= 0.6 is 24.0 Å². The number of aliphatic imine (C=N–C) groups is 1. The summed E-state index contributed by atoms with van der Waals surface area (Å²) in [5.41, 5.74) is 0. The van der Waals surface area contributed by atoms with Gasteiger partial charge in [-0.3, -0.25) is 4.99 Å². The average Bonchev–Trinajstić information content (AvgIpc) is 2.84. The van der Waals surface area contributed by atoms with E-state index in [1.807, 2.05) is 13.8 Å². The van der Waals surface area contributed by atoms with Gasteiger partial charge in [0, 0.05) is 32.0 Å². The highest BCUT2D eigenvalue weighted by molar-refractivity contribution is 14.0. The summed E-state index contributed by atoms with van der Waals surface area (Å²) < 4.78 is 28.5. The maximum Gasteiger partial charge on any atom is 0.191 e. The highest BCUT2D eigenvalue weighted by atomic mass is 127. The van der Waals surface area contributed by atoms with Gasteiger partial charge in [0.15, 0.2) is 5.96 Å². The number of nitrogens with zero attached hydrogens (tertiary/aromatic N) is 1. The Morgan fingerprint density at radius 3 is 2.44 bits per heavy atom. The first-order chi connectivity index (χ1) is 12.4. The molecule has 1 rings (SSSR count). The van der Waals surface area contributed by atoms with Crippen molar-refractivity contribution in [3.05, 3.63) is 0 Å². The third-order valence-corrected chi connectivity index (χ3v) is 5.60. The van der Waals surface area contributed by atoms with Gasteiger partial charge in [0.05, 0.1) is 11.9 Å². The van der Waals surface area contributed by atoms with E-state index in [0.29, 0.717) is 12.5 Å². The minimum absolute atomic E-state index is 0. The van der Waals surface area contributed by atoms with Gasteiger partial charge in [0.25, 0.3) is 0 Å². The van der Waals surface area contributed by atoms with Crippen LogP contribution < -0.4 is 10.6 Å². The molecule has 27 heavy (non-hydrogen) atoms. The van der Waals surface area contributed by atoms with Gasteiger partial charge in [-0.25, -0.2) is 8.42 Å². The van der Waals surface area contributed by atoms with Crippen LogP contribution in [-0.2, 0) is 14.6 Å². The number of halogens is 1. The van der Waals surface area contributed by atoms with Crippen LogP contribution in [0.15, 0.2) is 4.99 Å². The van der Waals surface area contributed by atoms with Gasteiger partial charge in [0.1, 0.15) is 9.84 Å². The minimum atomic E-state index is -2.92. The number of sulfone groups is 1. The monoisotopic (exact) mass is 517 g/mol. The van der Waals surface area contributed by atoms with E-state index in [0.717, 1.165) is 38.5 Å². The second-order valence-corrected chi connectivity index (χ2v) is 9.68. The standard InChI is InChI=1S/C19H39N3O3S.HI/c1-4-20-19(22-17(2)13-16-26(3,23)24)21-14-9-10-15-25-18-11-7-5-6-8-12-18;/h17-18H,4-16H2,1-3H3,(H2,20,21,22);1H. The Hall–Kier alpha value is -0.0900. The fraction of sp³-hybridized carbons (Fsp3) is 0.947. The molecule has 0 aliphatic heterocycles. The average molecular weight is 518 g/mol. The van der Waals surface area contributed by atoms with Crippen LogP contribution in [-0.4, -0.2) is 58.2 Å². The van der Waals surface area contributed by atoms with Crippen LogP contribution in [0.3, 0.4) is 0 Å². The smallest absolute Gasteiger partial charge is 0.191 e. The van der Waals surface area contributed by atoms with Gasteiger partial charge in [-0.2, -0.15) is 0 Å². The topological polar surface area (TPSA) is 79.8 Å². The van der Waals surface area contributed by atoms with E-state index in [1.165, 1.54) is 44.8 Å². The van der Waals surface area contributed by atoms with Gasteiger partial charge in [-0.1, -0.05) is 25.7 Å². The van der Waals surface area contributed by atoms with Crippen molar-refractivity contribution in [3.8, 4) is 0 Å². The maximum atomic E-state index is 11.3. The molecule has 1 fully saturated rings. The van der Waals surface area contributed by atoms with E-state index in [9.17, 15) is 8.42 Å². The highest BCUT2D eigenvalue weighted by Gasteiger charge is 2.12. The zero-order valence-electron chi connectivity index (χ0n) is 17.3. The molecule has 1 aliphatic carbocycles. The fourth-order valence-corrected chi connectivity index (χ4v) is 3.86. The molecule has 0 heterocycles. The molecule has 1 aliphatic rings. The van der Waals surface area contributed by atoms with Gasteiger partial charge in [-0.15, -0.1) is 24.0 Å². The second kappa shape index (κ2) is 15.8. The Morgan fingerprint density at radius 1 is 1.19 bits per heavy atom. The molecular formula is C19H40IN3O3S. The van der Waals surface area contributed by atoms with Crippen LogP contribution in [0.2, 0.25) is 0 Å². The van der Waals surface area contributed by atoms with E-state index in [-0.39, 0.29) is 35.8 Å². The molecule has 0 spiro atoms. The van der Waals surface area contributed by atoms with Crippen molar-refractivity contribution in [2.45, 2.75) is 83.8 Å². The molecule has 2 N–H and O–H groups in total. The Balaban J connectivity index is 0.00000676. The predicted molar refractivity (Wildman–Crippen MR) is 125 cm³/mol. The van der Waals surface area contributed by atoms with Crippen molar-refractivity contribution in [2.75, 3.05) is 31.7 Å². The van der Waals surface area contributed by atoms with E-state index in [4.69, 9.17) is 4.74 Å². The Morgan fingerprint density at radius 2 is 1.85 bits per heavy atom. The number of guanidine groups is 1. The molecule has 0 amide bonds. The summed E-state index contributed by atoms with van der Waals surface area (Å²) in [4.78, 5) is 4.59. The number of hydrogen-bond donors (Lipinski definition) is 2. The lowest BCUT2D eigenvalue weighted by molar-refractivity contribution is 0.0413.